The molecular formula is C24H20N4O5. The zero-order valence-electron chi connectivity index (χ0n) is 17.8. The van der Waals surface area contributed by atoms with Crippen LogP contribution >= 0.6 is 0 Å². The summed E-state index contributed by atoms with van der Waals surface area (Å²) in [6.45, 7) is 0.809. The van der Waals surface area contributed by atoms with E-state index >= 15 is 0 Å². The Morgan fingerprint density at radius 1 is 0.939 bits per heavy atom. The highest BCUT2D eigenvalue weighted by Gasteiger charge is 2.18. The van der Waals surface area contributed by atoms with E-state index in [1.165, 1.54) is 7.11 Å². The predicted molar refractivity (Wildman–Crippen MR) is 120 cm³/mol. The monoisotopic (exact) mass is 444 g/mol. The second kappa shape index (κ2) is 10.5. The van der Waals surface area contributed by atoms with Crippen molar-refractivity contribution in [1.29, 1.82) is 10.5 Å². The number of rotatable bonds is 8. The first-order valence-corrected chi connectivity index (χ1v) is 9.88. The normalized spacial score (nSPS) is 10.0. The van der Waals surface area contributed by atoms with E-state index in [4.69, 9.17) is 15.2 Å². The molecule has 0 radical (unpaired) electrons. The number of nitrogen functional groups attached to an aromatic ring is 1. The SMILES string of the molecule is COC(=O)c1ccc(OCCCOc2ccc(-c3c(C#N)c(N)[nH]c(=O)c3C#N)cc2)cc1. The Bertz CT molecular complexity index is 1280. The van der Waals surface area contributed by atoms with Gasteiger partial charge in [-0.1, -0.05) is 12.1 Å². The lowest BCUT2D eigenvalue weighted by molar-refractivity contribution is 0.0600. The van der Waals surface area contributed by atoms with Crippen molar-refractivity contribution in [3.63, 3.8) is 0 Å². The number of carbonyl (C=O) groups is 1. The number of hydrogen-bond donors (Lipinski definition) is 2. The molecule has 0 unspecified atom stereocenters. The van der Waals surface area contributed by atoms with Gasteiger partial charge in [-0.3, -0.25) is 4.79 Å². The lowest BCUT2D eigenvalue weighted by Gasteiger charge is -2.11. The number of H-pyrrole nitrogens is 1. The highest BCUT2D eigenvalue weighted by atomic mass is 16.5. The Balaban J connectivity index is 1.57. The van der Waals surface area contributed by atoms with Crippen LogP contribution < -0.4 is 20.8 Å². The number of anilines is 1. The number of nitrogens with one attached hydrogen (secondary N) is 1. The van der Waals surface area contributed by atoms with Gasteiger partial charge in [-0.25, -0.2) is 4.79 Å². The van der Waals surface area contributed by atoms with Crippen molar-refractivity contribution in [2.75, 3.05) is 26.1 Å². The van der Waals surface area contributed by atoms with Crippen LogP contribution in [0.4, 0.5) is 5.82 Å². The van der Waals surface area contributed by atoms with Crippen LogP contribution in [0.3, 0.4) is 0 Å². The van der Waals surface area contributed by atoms with Gasteiger partial charge in [0.05, 0.1) is 25.9 Å². The fourth-order valence-corrected chi connectivity index (χ4v) is 3.09. The van der Waals surface area contributed by atoms with E-state index in [2.05, 4.69) is 9.72 Å². The third-order valence-corrected chi connectivity index (χ3v) is 4.71. The van der Waals surface area contributed by atoms with Crippen molar-refractivity contribution < 1.29 is 19.0 Å². The summed E-state index contributed by atoms with van der Waals surface area (Å²) >= 11 is 0. The van der Waals surface area contributed by atoms with Gasteiger partial charge < -0.3 is 24.9 Å². The number of aromatic nitrogens is 1. The number of methoxy groups -OCH3 is 1. The third kappa shape index (κ3) is 5.30. The fraction of sp³-hybridized carbons (Fsp3) is 0.167. The van der Waals surface area contributed by atoms with Crippen LogP contribution in [-0.4, -0.2) is 31.3 Å². The number of nitrogens with two attached hydrogens (primary N) is 1. The van der Waals surface area contributed by atoms with Gasteiger partial charge in [-0.05, 0) is 42.0 Å². The quantitative estimate of drug-likeness (QED) is 0.397. The summed E-state index contributed by atoms with van der Waals surface area (Å²) < 4.78 is 16.0. The van der Waals surface area contributed by atoms with Crippen LogP contribution in [-0.2, 0) is 4.74 Å². The lowest BCUT2D eigenvalue weighted by atomic mass is 9.97. The highest BCUT2D eigenvalue weighted by Crippen LogP contribution is 2.29. The molecule has 1 heterocycles. The number of esters is 1. The van der Waals surface area contributed by atoms with E-state index in [1.54, 1.807) is 48.5 Å². The number of benzene rings is 2. The summed E-state index contributed by atoms with van der Waals surface area (Å²) in [6, 6.07) is 17.1. The minimum Gasteiger partial charge on any atom is -0.493 e. The molecular weight excluding hydrogens is 424 g/mol. The van der Waals surface area contributed by atoms with E-state index in [0.717, 1.165) is 0 Å². The number of nitriles is 2. The van der Waals surface area contributed by atoms with Crippen LogP contribution in [0.1, 0.15) is 27.9 Å². The van der Waals surface area contributed by atoms with Crippen molar-refractivity contribution in [1.82, 2.24) is 4.98 Å². The molecule has 0 aliphatic rings. The summed E-state index contributed by atoms with van der Waals surface area (Å²) in [6.07, 6.45) is 0.613. The van der Waals surface area contributed by atoms with Crippen molar-refractivity contribution in [2.45, 2.75) is 6.42 Å². The van der Waals surface area contributed by atoms with Crippen molar-refractivity contribution >= 4 is 11.8 Å². The summed E-state index contributed by atoms with van der Waals surface area (Å²) in [4.78, 5) is 25.8. The second-order valence-corrected chi connectivity index (χ2v) is 6.81. The number of nitrogens with zero attached hydrogens (tertiary/aromatic N) is 2. The maximum Gasteiger partial charge on any atom is 0.337 e. The first-order chi connectivity index (χ1) is 16.0. The average Bonchev–Trinajstić information content (AvgIpc) is 2.83. The zero-order valence-corrected chi connectivity index (χ0v) is 17.8. The van der Waals surface area contributed by atoms with Gasteiger partial charge in [0.25, 0.3) is 5.56 Å². The molecule has 0 amide bonds. The van der Waals surface area contributed by atoms with Gasteiger partial charge in [0, 0.05) is 12.0 Å². The number of hydrogen-bond acceptors (Lipinski definition) is 8. The van der Waals surface area contributed by atoms with Gasteiger partial charge in [0.2, 0.25) is 0 Å². The largest absolute Gasteiger partial charge is 0.493 e. The Labute approximate surface area is 189 Å². The molecule has 0 saturated heterocycles. The molecule has 0 spiro atoms. The van der Waals surface area contributed by atoms with Crippen LogP contribution in [0.5, 0.6) is 11.5 Å². The maximum atomic E-state index is 12.0. The molecule has 3 aromatic rings. The molecule has 9 nitrogen and oxygen atoms in total. The van der Waals surface area contributed by atoms with Crippen LogP contribution in [0.2, 0.25) is 0 Å². The predicted octanol–water partition coefficient (Wildman–Crippen LogP) is 3.00. The summed E-state index contributed by atoms with van der Waals surface area (Å²) in [5.41, 5.74) is 6.10. The molecule has 0 bridgehead atoms. The molecule has 3 rings (SSSR count). The minimum absolute atomic E-state index is 0.0385. The van der Waals surface area contributed by atoms with E-state index < -0.39 is 11.5 Å². The number of aromatic amines is 1. The summed E-state index contributed by atoms with van der Waals surface area (Å²) in [7, 11) is 1.33. The molecule has 0 saturated carbocycles. The van der Waals surface area contributed by atoms with Gasteiger partial charge in [-0.15, -0.1) is 0 Å². The molecule has 2 aromatic carbocycles. The van der Waals surface area contributed by atoms with Gasteiger partial charge in [-0.2, -0.15) is 10.5 Å². The molecule has 9 heteroatoms. The second-order valence-electron chi connectivity index (χ2n) is 6.81. The molecule has 0 aliphatic heterocycles. The topological polar surface area (TPSA) is 151 Å². The van der Waals surface area contributed by atoms with E-state index in [0.29, 0.717) is 42.3 Å². The minimum atomic E-state index is -0.649. The van der Waals surface area contributed by atoms with Crippen LogP contribution in [0.15, 0.2) is 53.3 Å². The Kier molecular flexibility index (Phi) is 7.30. The van der Waals surface area contributed by atoms with E-state index in [-0.39, 0.29) is 22.5 Å². The Hall–Kier alpha value is -4.76. The number of ether oxygens (including phenoxy) is 3. The Morgan fingerprint density at radius 2 is 1.48 bits per heavy atom. The maximum absolute atomic E-state index is 12.0. The van der Waals surface area contributed by atoms with E-state index in [1.807, 2.05) is 12.1 Å². The standard InChI is InChI=1S/C24H20N4O5/c1-31-24(30)16-5-9-18(10-6-16)33-12-2-11-32-17-7-3-15(4-8-17)21-19(13-25)22(27)28-23(29)20(21)14-26/h3-10H,2,11-12H2,1H3,(H3,27,28,29). The zero-order chi connectivity index (χ0) is 23.8. The third-order valence-electron chi connectivity index (χ3n) is 4.71. The first-order valence-electron chi connectivity index (χ1n) is 9.88. The molecule has 0 atom stereocenters. The number of carbonyl (C=O) groups excluding carboxylic acids is 1. The van der Waals surface area contributed by atoms with Crippen molar-refractivity contribution in [3.8, 4) is 34.8 Å². The van der Waals surface area contributed by atoms with Crippen molar-refractivity contribution in [3.05, 3.63) is 75.6 Å². The molecule has 1 aromatic heterocycles. The Morgan fingerprint density at radius 3 is 2.00 bits per heavy atom. The molecule has 166 valence electrons. The van der Waals surface area contributed by atoms with Crippen LogP contribution in [0, 0.1) is 22.7 Å². The number of pyridine rings is 1. The van der Waals surface area contributed by atoms with Crippen LogP contribution in [0.25, 0.3) is 11.1 Å². The molecule has 0 fully saturated rings. The smallest absolute Gasteiger partial charge is 0.337 e. The highest BCUT2D eigenvalue weighted by molar-refractivity contribution is 5.89. The van der Waals surface area contributed by atoms with Gasteiger partial charge in [0.1, 0.15) is 40.6 Å². The van der Waals surface area contributed by atoms with Gasteiger partial charge >= 0.3 is 5.97 Å². The summed E-state index contributed by atoms with van der Waals surface area (Å²) in [5.74, 6) is 0.717. The molecule has 0 aliphatic carbocycles. The first kappa shape index (κ1) is 22.9. The van der Waals surface area contributed by atoms with Crippen molar-refractivity contribution in [2.24, 2.45) is 0 Å². The summed E-state index contributed by atoms with van der Waals surface area (Å²) in [5, 5.41) is 18.8. The average molecular weight is 444 g/mol. The lowest BCUT2D eigenvalue weighted by Crippen LogP contribution is -2.16. The van der Waals surface area contributed by atoms with E-state index in [9.17, 15) is 20.1 Å². The fourth-order valence-electron chi connectivity index (χ4n) is 3.09. The molecule has 33 heavy (non-hydrogen) atoms. The molecule has 3 N–H and O–H groups in total. The van der Waals surface area contributed by atoms with Gasteiger partial charge in [0.15, 0.2) is 0 Å².